The summed E-state index contributed by atoms with van der Waals surface area (Å²) in [4.78, 5) is 13.7. The second kappa shape index (κ2) is 4.84. The molecule has 1 aliphatic heterocycles. The zero-order chi connectivity index (χ0) is 13.3. The van der Waals surface area contributed by atoms with Crippen molar-refractivity contribution in [3.8, 4) is 0 Å². The molecule has 4 heteroatoms. The molecule has 0 bridgehead atoms. The van der Waals surface area contributed by atoms with E-state index in [0.717, 1.165) is 19.4 Å². The fourth-order valence-electron chi connectivity index (χ4n) is 2.19. The molecule has 1 N–H and O–H groups in total. The first-order valence-electron chi connectivity index (χ1n) is 6.30. The lowest BCUT2D eigenvalue weighted by Gasteiger charge is -2.31. The number of hydrogen-bond donors (Lipinski definition) is 1. The van der Waals surface area contributed by atoms with Crippen molar-refractivity contribution in [3.63, 3.8) is 0 Å². The Morgan fingerprint density at radius 1 is 1.35 bits per heavy atom. The van der Waals surface area contributed by atoms with E-state index in [1.54, 1.807) is 18.7 Å². The number of rotatable bonds is 2. The van der Waals surface area contributed by atoms with Crippen molar-refractivity contribution in [2.24, 2.45) is 0 Å². The highest BCUT2D eigenvalue weighted by Gasteiger charge is 2.34. The van der Waals surface area contributed by atoms with Crippen LogP contribution in [0.15, 0.2) is 0 Å². The van der Waals surface area contributed by atoms with E-state index in [2.05, 4.69) is 0 Å². The predicted octanol–water partition coefficient (Wildman–Crippen LogP) is 2.55. The molecular formula is C13H25NO3. The third kappa shape index (κ3) is 4.94. The summed E-state index contributed by atoms with van der Waals surface area (Å²) in [5.74, 6) is 0. The van der Waals surface area contributed by atoms with Crippen molar-refractivity contribution < 1.29 is 14.6 Å². The minimum atomic E-state index is -0.741. The minimum absolute atomic E-state index is 0.102. The Labute approximate surface area is 104 Å². The zero-order valence-electron chi connectivity index (χ0n) is 11.6. The summed E-state index contributed by atoms with van der Waals surface area (Å²) in [7, 11) is 0. The van der Waals surface area contributed by atoms with Gasteiger partial charge in [-0.05, 0) is 53.9 Å². The van der Waals surface area contributed by atoms with Crippen LogP contribution in [0, 0.1) is 0 Å². The number of nitrogens with zero attached hydrogens (tertiary/aromatic N) is 1. The summed E-state index contributed by atoms with van der Waals surface area (Å²) in [6.07, 6.45) is 2.28. The van der Waals surface area contributed by atoms with Crippen LogP contribution in [0.1, 0.15) is 53.9 Å². The van der Waals surface area contributed by atoms with Gasteiger partial charge in [0.1, 0.15) is 5.60 Å². The van der Waals surface area contributed by atoms with Crippen molar-refractivity contribution in [3.05, 3.63) is 0 Å². The Hall–Kier alpha value is -0.770. The van der Waals surface area contributed by atoms with Crippen molar-refractivity contribution in [1.29, 1.82) is 0 Å². The lowest BCUT2D eigenvalue weighted by atomic mass is 9.98. The van der Waals surface area contributed by atoms with Gasteiger partial charge in [0.15, 0.2) is 0 Å². The van der Waals surface area contributed by atoms with Crippen LogP contribution in [-0.4, -0.2) is 39.9 Å². The molecule has 0 spiro atoms. The molecule has 0 aliphatic carbocycles. The van der Waals surface area contributed by atoms with Gasteiger partial charge in [0.2, 0.25) is 0 Å². The molecule has 0 saturated carbocycles. The number of carbonyl (C=O) groups excluding carboxylic acids is 1. The van der Waals surface area contributed by atoms with Crippen molar-refractivity contribution in [2.75, 3.05) is 6.54 Å². The summed E-state index contributed by atoms with van der Waals surface area (Å²) in [6.45, 7) is 9.89. The molecule has 1 fully saturated rings. The van der Waals surface area contributed by atoms with E-state index in [4.69, 9.17) is 4.74 Å². The van der Waals surface area contributed by atoms with E-state index < -0.39 is 11.2 Å². The van der Waals surface area contributed by atoms with Gasteiger partial charge in [-0.3, -0.25) is 0 Å². The van der Waals surface area contributed by atoms with Gasteiger partial charge < -0.3 is 14.7 Å². The smallest absolute Gasteiger partial charge is 0.410 e. The normalized spacial score (nSPS) is 21.8. The maximum Gasteiger partial charge on any atom is 0.410 e. The zero-order valence-corrected chi connectivity index (χ0v) is 11.6. The molecule has 0 aromatic rings. The second-order valence-corrected chi connectivity index (χ2v) is 6.49. The highest BCUT2D eigenvalue weighted by molar-refractivity contribution is 5.68. The molecule has 1 saturated heterocycles. The number of aliphatic hydroxyl groups is 1. The lowest BCUT2D eigenvalue weighted by Crippen LogP contribution is -2.42. The number of amides is 1. The first-order valence-corrected chi connectivity index (χ1v) is 6.30. The number of ether oxygens (including phenoxy) is 1. The fourth-order valence-corrected chi connectivity index (χ4v) is 2.19. The Kier molecular flexibility index (Phi) is 4.07. The molecule has 0 radical (unpaired) electrons. The highest BCUT2D eigenvalue weighted by Crippen LogP contribution is 2.26. The van der Waals surface area contributed by atoms with E-state index in [-0.39, 0.29) is 12.1 Å². The van der Waals surface area contributed by atoms with Crippen LogP contribution in [0.2, 0.25) is 0 Å². The summed E-state index contributed by atoms with van der Waals surface area (Å²) >= 11 is 0. The molecular weight excluding hydrogens is 218 g/mol. The van der Waals surface area contributed by atoms with E-state index >= 15 is 0 Å². The molecule has 1 amide bonds. The highest BCUT2D eigenvalue weighted by atomic mass is 16.6. The first-order chi connectivity index (χ1) is 7.58. The van der Waals surface area contributed by atoms with Crippen molar-refractivity contribution in [2.45, 2.75) is 71.1 Å². The fraction of sp³-hybridized carbons (Fsp3) is 0.923. The maximum atomic E-state index is 12.0. The van der Waals surface area contributed by atoms with Crippen LogP contribution >= 0.6 is 0 Å². The molecule has 0 aromatic carbocycles. The summed E-state index contributed by atoms with van der Waals surface area (Å²) < 4.78 is 5.37. The van der Waals surface area contributed by atoms with Crippen LogP contribution in [0.5, 0.6) is 0 Å². The van der Waals surface area contributed by atoms with Gasteiger partial charge in [0.25, 0.3) is 0 Å². The standard InChI is InChI=1S/C13H25NO3/c1-12(2,3)17-11(15)14-8-6-7-10(14)9-13(4,5)16/h10,16H,6-9H2,1-5H3. The van der Waals surface area contributed by atoms with Crippen molar-refractivity contribution >= 4 is 6.09 Å². The quantitative estimate of drug-likeness (QED) is 0.811. The van der Waals surface area contributed by atoms with Gasteiger partial charge in [-0.2, -0.15) is 0 Å². The van der Waals surface area contributed by atoms with Crippen LogP contribution < -0.4 is 0 Å². The largest absolute Gasteiger partial charge is 0.444 e. The molecule has 1 atom stereocenters. The van der Waals surface area contributed by atoms with Crippen LogP contribution in [0.4, 0.5) is 4.79 Å². The van der Waals surface area contributed by atoms with E-state index in [1.807, 2.05) is 20.8 Å². The summed E-state index contributed by atoms with van der Waals surface area (Å²) in [5.41, 5.74) is -1.20. The lowest BCUT2D eigenvalue weighted by molar-refractivity contribution is 0.00795. The second-order valence-electron chi connectivity index (χ2n) is 6.49. The number of likely N-dealkylation sites (tertiary alicyclic amines) is 1. The van der Waals surface area contributed by atoms with Gasteiger partial charge >= 0.3 is 6.09 Å². The van der Waals surface area contributed by atoms with E-state index in [9.17, 15) is 9.90 Å². The predicted molar refractivity (Wildman–Crippen MR) is 66.9 cm³/mol. The molecule has 1 aliphatic rings. The summed E-state index contributed by atoms with van der Waals surface area (Å²) in [6, 6.07) is 0.102. The third-order valence-corrected chi connectivity index (χ3v) is 2.74. The molecule has 100 valence electrons. The molecule has 0 aromatic heterocycles. The molecule has 1 rings (SSSR count). The van der Waals surface area contributed by atoms with Crippen LogP contribution in [0.25, 0.3) is 0 Å². The minimum Gasteiger partial charge on any atom is -0.444 e. The average molecular weight is 243 g/mol. The Morgan fingerprint density at radius 2 is 1.94 bits per heavy atom. The molecule has 1 heterocycles. The topological polar surface area (TPSA) is 49.8 Å². The maximum absolute atomic E-state index is 12.0. The third-order valence-electron chi connectivity index (χ3n) is 2.74. The van der Waals surface area contributed by atoms with Gasteiger partial charge in [0, 0.05) is 12.6 Å². The number of hydrogen-bond acceptors (Lipinski definition) is 3. The summed E-state index contributed by atoms with van der Waals surface area (Å²) in [5, 5.41) is 9.83. The van der Waals surface area contributed by atoms with Gasteiger partial charge in [-0.15, -0.1) is 0 Å². The van der Waals surface area contributed by atoms with Gasteiger partial charge in [0.05, 0.1) is 5.60 Å². The SMILES string of the molecule is CC(C)(O)CC1CCCN1C(=O)OC(C)(C)C. The Bertz CT molecular complexity index is 275. The van der Waals surface area contributed by atoms with Crippen molar-refractivity contribution in [1.82, 2.24) is 4.90 Å². The Balaban J connectivity index is 2.60. The van der Waals surface area contributed by atoms with Crippen LogP contribution in [0.3, 0.4) is 0 Å². The van der Waals surface area contributed by atoms with Gasteiger partial charge in [-0.25, -0.2) is 4.79 Å². The number of carbonyl (C=O) groups is 1. The monoisotopic (exact) mass is 243 g/mol. The molecule has 17 heavy (non-hydrogen) atoms. The van der Waals surface area contributed by atoms with E-state index in [1.165, 1.54) is 0 Å². The average Bonchev–Trinajstić information content (AvgIpc) is 2.45. The van der Waals surface area contributed by atoms with Gasteiger partial charge in [-0.1, -0.05) is 0 Å². The molecule has 4 nitrogen and oxygen atoms in total. The Morgan fingerprint density at radius 3 is 2.41 bits per heavy atom. The first kappa shape index (κ1) is 14.3. The molecule has 1 unspecified atom stereocenters. The van der Waals surface area contributed by atoms with E-state index in [0.29, 0.717) is 6.42 Å². The van der Waals surface area contributed by atoms with Crippen LogP contribution in [-0.2, 0) is 4.74 Å².